The Balaban J connectivity index is 2.94. The Kier molecular flexibility index (Phi) is 6.28. The minimum absolute atomic E-state index is 0.425. The first-order valence-electron chi connectivity index (χ1n) is 8.30. The molecule has 0 radical (unpaired) electrons. The predicted molar refractivity (Wildman–Crippen MR) is 98.7 cm³/mol. The molecule has 0 heterocycles. The van der Waals surface area contributed by atoms with Gasteiger partial charge in [0, 0.05) is 11.1 Å². The number of carbonyl (C=O) groups is 1. The van der Waals surface area contributed by atoms with E-state index in [1.807, 2.05) is 30.3 Å². The van der Waals surface area contributed by atoms with Crippen LogP contribution in [-0.4, -0.2) is 27.2 Å². The van der Waals surface area contributed by atoms with Crippen molar-refractivity contribution in [3.05, 3.63) is 41.5 Å². The van der Waals surface area contributed by atoms with Gasteiger partial charge in [-0.3, -0.25) is 4.79 Å². The molecule has 25 heavy (non-hydrogen) atoms. The molecule has 5 heteroatoms. The van der Waals surface area contributed by atoms with Gasteiger partial charge in [-0.25, -0.2) is 0 Å². The van der Waals surface area contributed by atoms with Crippen molar-refractivity contribution in [1.29, 1.82) is 0 Å². The standard InChI is InChI=1S/C20H25NO4/c1-5-6-12-14-16(20(21)22)15(13-10-8-7-9-11-13)18(24-3)19(25-4)17(14)23-2/h7-11H,5-6,12H2,1-4H3,(H2,21,22). The smallest absolute Gasteiger partial charge is 0.249 e. The van der Waals surface area contributed by atoms with Crippen LogP contribution in [0.4, 0.5) is 0 Å². The summed E-state index contributed by atoms with van der Waals surface area (Å²) in [6, 6.07) is 9.56. The molecule has 0 aliphatic carbocycles. The molecule has 0 saturated heterocycles. The van der Waals surface area contributed by atoms with Crippen molar-refractivity contribution in [3.63, 3.8) is 0 Å². The van der Waals surface area contributed by atoms with Gasteiger partial charge in [-0.05, 0) is 18.4 Å². The second kappa shape index (κ2) is 8.42. The van der Waals surface area contributed by atoms with E-state index in [-0.39, 0.29) is 0 Å². The van der Waals surface area contributed by atoms with Gasteiger partial charge in [0.1, 0.15) is 0 Å². The van der Waals surface area contributed by atoms with Gasteiger partial charge in [-0.1, -0.05) is 43.7 Å². The van der Waals surface area contributed by atoms with Crippen molar-refractivity contribution in [2.75, 3.05) is 21.3 Å². The number of methoxy groups -OCH3 is 3. The lowest BCUT2D eigenvalue weighted by Gasteiger charge is -2.23. The first kappa shape index (κ1) is 18.6. The van der Waals surface area contributed by atoms with E-state index in [0.717, 1.165) is 24.0 Å². The Morgan fingerprint density at radius 1 is 0.960 bits per heavy atom. The van der Waals surface area contributed by atoms with Gasteiger partial charge in [-0.15, -0.1) is 0 Å². The van der Waals surface area contributed by atoms with Crippen molar-refractivity contribution in [3.8, 4) is 28.4 Å². The van der Waals surface area contributed by atoms with Crippen LogP contribution in [0.3, 0.4) is 0 Å². The fourth-order valence-corrected chi connectivity index (χ4v) is 3.07. The Labute approximate surface area is 148 Å². The van der Waals surface area contributed by atoms with Gasteiger partial charge in [0.05, 0.1) is 26.9 Å². The van der Waals surface area contributed by atoms with Crippen LogP contribution in [0, 0.1) is 0 Å². The molecule has 2 rings (SSSR count). The van der Waals surface area contributed by atoms with E-state index >= 15 is 0 Å². The number of nitrogens with two attached hydrogens (primary N) is 1. The van der Waals surface area contributed by atoms with E-state index in [0.29, 0.717) is 34.8 Å². The summed E-state index contributed by atoms with van der Waals surface area (Å²) in [5.41, 5.74) is 8.43. The van der Waals surface area contributed by atoms with Crippen LogP contribution >= 0.6 is 0 Å². The van der Waals surface area contributed by atoms with Crippen molar-refractivity contribution in [2.24, 2.45) is 5.73 Å². The zero-order valence-corrected chi connectivity index (χ0v) is 15.2. The summed E-state index contributed by atoms with van der Waals surface area (Å²) in [7, 11) is 4.66. The maximum atomic E-state index is 12.4. The third-order valence-electron chi connectivity index (χ3n) is 4.17. The molecule has 2 aromatic carbocycles. The molecular formula is C20H25NO4. The molecule has 0 atom stereocenters. The molecule has 0 fully saturated rings. The highest BCUT2D eigenvalue weighted by molar-refractivity contribution is 6.05. The number of hydrogen-bond donors (Lipinski definition) is 1. The molecule has 5 nitrogen and oxygen atoms in total. The van der Waals surface area contributed by atoms with Crippen LogP contribution in [0.2, 0.25) is 0 Å². The van der Waals surface area contributed by atoms with Crippen LogP contribution in [0.25, 0.3) is 11.1 Å². The molecule has 134 valence electrons. The minimum atomic E-state index is -0.510. The highest BCUT2D eigenvalue weighted by Crippen LogP contribution is 2.49. The summed E-state index contributed by atoms with van der Waals surface area (Å²) in [6.45, 7) is 2.09. The number of ether oxygens (including phenoxy) is 3. The van der Waals surface area contributed by atoms with Gasteiger partial charge in [0.15, 0.2) is 11.5 Å². The molecule has 1 amide bonds. The van der Waals surface area contributed by atoms with Crippen LogP contribution in [0.1, 0.15) is 35.7 Å². The molecule has 0 spiro atoms. The molecule has 0 saturated carbocycles. The largest absolute Gasteiger partial charge is 0.492 e. The maximum Gasteiger partial charge on any atom is 0.249 e. The van der Waals surface area contributed by atoms with Crippen molar-refractivity contribution in [2.45, 2.75) is 26.2 Å². The van der Waals surface area contributed by atoms with Crippen molar-refractivity contribution < 1.29 is 19.0 Å². The second-order valence-electron chi connectivity index (χ2n) is 5.66. The number of benzene rings is 2. The van der Waals surface area contributed by atoms with E-state index in [2.05, 4.69) is 6.92 Å². The lowest BCUT2D eigenvalue weighted by atomic mass is 9.90. The van der Waals surface area contributed by atoms with Crippen LogP contribution in [-0.2, 0) is 6.42 Å². The zero-order chi connectivity index (χ0) is 18.4. The number of amides is 1. The van der Waals surface area contributed by atoms with E-state index in [1.165, 1.54) is 0 Å². The summed E-state index contributed by atoms with van der Waals surface area (Å²) in [5, 5.41) is 0. The zero-order valence-electron chi connectivity index (χ0n) is 15.2. The quantitative estimate of drug-likeness (QED) is 0.791. The Morgan fingerprint density at radius 2 is 1.56 bits per heavy atom. The fourth-order valence-electron chi connectivity index (χ4n) is 3.07. The van der Waals surface area contributed by atoms with E-state index in [9.17, 15) is 4.79 Å². The highest BCUT2D eigenvalue weighted by atomic mass is 16.5. The summed E-state index contributed by atoms with van der Waals surface area (Å²) in [4.78, 5) is 12.4. The van der Waals surface area contributed by atoms with E-state index in [4.69, 9.17) is 19.9 Å². The first-order chi connectivity index (χ1) is 12.1. The molecule has 0 aliphatic heterocycles. The van der Waals surface area contributed by atoms with E-state index in [1.54, 1.807) is 21.3 Å². The first-order valence-corrected chi connectivity index (χ1v) is 8.30. The van der Waals surface area contributed by atoms with Gasteiger partial charge in [0.2, 0.25) is 11.7 Å². The summed E-state index contributed by atoms with van der Waals surface area (Å²) >= 11 is 0. The Hall–Kier alpha value is -2.69. The monoisotopic (exact) mass is 343 g/mol. The number of primary amides is 1. The lowest BCUT2D eigenvalue weighted by molar-refractivity contribution is 0.0999. The normalized spacial score (nSPS) is 10.4. The molecular weight excluding hydrogens is 318 g/mol. The fraction of sp³-hybridized carbons (Fsp3) is 0.350. The molecule has 2 N–H and O–H groups in total. The SMILES string of the molecule is CCCCc1c(OC)c(OC)c(OC)c(-c2ccccc2)c1C(N)=O. The third-order valence-corrected chi connectivity index (χ3v) is 4.17. The average molecular weight is 343 g/mol. The van der Waals surface area contributed by atoms with Crippen LogP contribution in [0.15, 0.2) is 30.3 Å². The van der Waals surface area contributed by atoms with Crippen molar-refractivity contribution in [1.82, 2.24) is 0 Å². The third kappa shape index (κ3) is 3.55. The average Bonchev–Trinajstić information content (AvgIpc) is 2.64. The molecule has 0 unspecified atom stereocenters. The minimum Gasteiger partial charge on any atom is -0.492 e. The van der Waals surface area contributed by atoms with Crippen molar-refractivity contribution >= 4 is 5.91 Å². The number of carbonyl (C=O) groups excluding carboxylic acids is 1. The molecule has 0 bridgehead atoms. The topological polar surface area (TPSA) is 70.8 Å². The van der Waals surface area contributed by atoms with Crippen LogP contribution in [0.5, 0.6) is 17.2 Å². The summed E-state index contributed by atoms with van der Waals surface area (Å²) < 4.78 is 16.8. The summed E-state index contributed by atoms with van der Waals surface area (Å²) in [6.07, 6.45) is 2.55. The maximum absolute atomic E-state index is 12.4. The molecule has 2 aromatic rings. The van der Waals surface area contributed by atoms with Crippen LogP contribution < -0.4 is 19.9 Å². The Bertz CT molecular complexity index is 741. The number of unbranched alkanes of at least 4 members (excludes halogenated alkanes) is 1. The van der Waals surface area contributed by atoms with Gasteiger partial charge in [-0.2, -0.15) is 0 Å². The second-order valence-corrected chi connectivity index (χ2v) is 5.66. The van der Waals surface area contributed by atoms with E-state index < -0.39 is 5.91 Å². The van der Waals surface area contributed by atoms with Gasteiger partial charge < -0.3 is 19.9 Å². The molecule has 0 aliphatic rings. The Morgan fingerprint density at radius 3 is 2.04 bits per heavy atom. The number of hydrogen-bond acceptors (Lipinski definition) is 4. The summed E-state index contributed by atoms with van der Waals surface area (Å²) in [5.74, 6) is 0.907. The number of rotatable bonds is 8. The molecule has 0 aromatic heterocycles. The highest BCUT2D eigenvalue weighted by Gasteiger charge is 2.29. The van der Waals surface area contributed by atoms with Gasteiger partial charge in [0.25, 0.3) is 0 Å². The predicted octanol–water partition coefficient (Wildman–Crippen LogP) is 3.82. The lowest BCUT2D eigenvalue weighted by Crippen LogP contribution is -2.18. The van der Waals surface area contributed by atoms with Gasteiger partial charge >= 0.3 is 0 Å².